The highest BCUT2D eigenvalue weighted by molar-refractivity contribution is 5.36. The zero-order valence-electron chi connectivity index (χ0n) is 9.68. The molecule has 0 amide bonds. The number of unbranched alkanes of at least 4 members (excludes halogenated alkanes) is 1. The molecule has 1 aromatic rings. The van der Waals surface area contributed by atoms with E-state index in [1.54, 1.807) is 12.5 Å². The molecule has 1 aliphatic heterocycles. The SMILES string of the molecule is [CH2]CCCN1CCN(c2ccncn2)CC1. The van der Waals surface area contributed by atoms with E-state index in [4.69, 9.17) is 0 Å². The lowest BCUT2D eigenvalue weighted by molar-refractivity contribution is 0.255. The third kappa shape index (κ3) is 2.92. The molecule has 87 valence electrons. The molecule has 1 aromatic heterocycles. The second-order valence-corrected chi connectivity index (χ2v) is 4.10. The number of aromatic nitrogens is 2. The lowest BCUT2D eigenvalue weighted by atomic mass is 10.2. The van der Waals surface area contributed by atoms with Crippen LogP contribution in [0.15, 0.2) is 18.6 Å². The average Bonchev–Trinajstić information content (AvgIpc) is 2.38. The summed E-state index contributed by atoms with van der Waals surface area (Å²) >= 11 is 0. The number of piperazine rings is 1. The quantitative estimate of drug-likeness (QED) is 0.762. The van der Waals surface area contributed by atoms with Gasteiger partial charge < -0.3 is 4.90 Å². The molecule has 1 radical (unpaired) electrons. The highest BCUT2D eigenvalue weighted by Crippen LogP contribution is 2.11. The molecule has 1 saturated heterocycles. The summed E-state index contributed by atoms with van der Waals surface area (Å²) in [6.45, 7) is 9.45. The number of rotatable bonds is 4. The van der Waals surface area contributed by atoms with Gasteiger partial charge in [0.2, 0.25) is 0 Å². The molecule has 1 fully saturated rings. The number of hydrogen-bond acceptors (Lipinski definition) is 4. The summed E-state index contributed by atoms with van der Waals surface area (Å²) in [5.74, 6) is 1.05. The summed E-state index contributed by atoms with van der Waals surface area (Å²) < 4.78 is 0. The average molecular weight is 219 g/mol. The van der Waals surface area contributed by atoms with Crippen molar-refractivity contribution in [2.24, 2.45) is 0 Å². The first-order chi connectivity index (χ1) is 7.90. The van der Waals surface area contributed by atoms with Gasteiger partial charge in [0.25, 0.3) is 0 Å². The highest BCUT2D eigenvalue weighted by atomic mass is 15.3. The van der Waals surface area contributed by atoms with E-state index in [-0.39, 0.29) is 0 Å². The fraction of sp³-hybridized carbons (Fsp3) is 0.583. The van der Waals surface area contributed by atoms with Crippen molar-refractivity contribution in [1.29, 1.82) is 0 Å². The van der Waals surface area contributed by atoms with Gasteiger partial charge in [-0.3, -0.25) is 4.90 Å². The van der Waals surface area contributed by atoms with Crippen molar-refractivity contribution < 1.29 is 0 Å². The van der Waals surface area contributed by atoms with Gasteiger partial charge in [0.15, 0.2) is 0 Å². The second-order valence-electron chi connectivity index (χ2n) is 4.10. The van der Waals surface area contributed by atoms with Crippen LogP contribution in [0, 0.1) is 6.92 Å². The zero-order chi connectivity index (χ0) is 11.2. The Morgan fingerprint density at radius 3 is 2.69 bits per heavy atom. The van der Waals surface area contributed by atoms with Gasteiger partial charge in [-0.2, -0.15) is 0 Å². The molecule has 0 aromatic carbocycles. The first kappa shape index (κ1) is 11.3. The van der Waals surface area contributed by atoms with Gasteiger partial charge in [-0.15, -0.1) is 0 Å². The van der Waals surface area contributed by atoms with Gasteiger partial charge in [-0.05, 0) is 19.0 Å². The first-order valence-corrected chi connectivity index (χ1v) is 5.92. The molecule has 0 N–H and O–H groups in total. The standard InChI is InChI=1S/C12H19N4/c1-2-3-6-15-7-9-16(10-8-15)12-4-5-13-11-14-12/h4-5,11H,1-3,6-10H2. The molecule has 2 heterocycles. The van der Waals surface area contributed by atoms with Crippen LogP contribution >= 0.6 is 0 Å². The fourth-order valence-corrected chi connectivity index (χ4v) is 2.01. The molecule has 0 saturated carbocycles. The number of nitrogens with zero attached hydrogens (tertiary/aromatic N) is 4. The molecular weight excluding hydrogens is 200 g/mol. The molecule has 0 spiro atoms. The van der Waals surface area contributed by atoms with Gasteiger partial charge in [0.05, 0.1) is 0 Å². The molecule has 4 heteroatoms. The Balaban J connectivity index is 1.81. The lowest BCUT2D eigenvalue weighted by Crippen LogP contribution is -2.46. The summed E-state index contributed by atoms with van der Waals surface area (Å²) in [5, 5.41) is 0. The zero-order valence-corrected chi connectivity index (χ0v) is 9.68. The van der Waals surface area contributed by atoms with Crippen LogP contribution in [0.2, 0.25) is 0 Å². The van der Waals surface area contributed by atoms with Crippen LogP contribution in [0.4, 0.5) is 5.82 Å². The van der Waals surface area contributed by atoms with Crippen LogP contribution in [-0.2, 0) is 0 Å². The summed E-state index contributed by atoms with van der Waals surface area (Å²) in [6.07, 6.45) is 5.65. The molecule has 0 bridgehead atoms. The summed E-state index contributed by atoms with van der Waals surface area (Å²) in [6, 6.07) is 1.98. The third-order valence-corrected chi connectivity index (χ3v) is 2.99. The van der Waals surface area contributed by atoms with Crippen LogP contribution in [0.5, 0.6) is 0 Å². The smallest absolute Gasteiger partial charge is 0.131 e. The van der Waals surface area contributed by atoms with E-state index < -0.39 is 0 Å². The van der Waals surface area contributed by atoms with E-state index in [0.717, 1.165) is 38.4 Å². The molecular formula is C12H19N4. The van der Waals surface area contributed by atoms with E-state index in [2.05, 4.69) is 26.7 Å². The minimum atomic E-state index is 1.03. The second kappa shape index (κ2) is 5.80. The van der Waals surface area contributed by atoms with E-state index in [0.29, 0.717) is 0 Å². The van der Waals surface area contributed by atoms with Gasteiger partial charge in [-0.25, -0.2) is 9.97 Å². The molecule has 1 aliphatic rings. The Kier molecular flexibility index (Phi) is 4.10. The van der Waals surface area contributed by atoms with Crippen molar-refractivity contribution in [3.8, 4) is 0 Å². The predicted molar refractivity (Wildman–Crippen MR) is 65.3 cm³/mol. The summed E-state index contributed by atoms with van der Waals surface area (Å²) in [7, 11) is 0. The monoisotopic (exact) mass is 219 g/mol. The third-order valence-electron chi connectivity index (χ3n) is 2.99. The fourth-order valence-electron chi connectivity index (χ4n) is 2.01. The van der Waals surface area contributed by atoms with Crippen LogP contribution in [0.25, 0.3) is 0 Å². The molecule has 0 unspecified atom stereocenters. The number of hydrogen-bond donors (Lipinski definition) is 0. The predicted octanol–water partition coefficient (Wildman–Crippen LogP) is 1.21. The molecule has 0 atom stereocenters. The number of anilines is 1. The van der Waals surface area contributed by atoms with Gasteiger partial charge in [0.1, 0.15) is 12.1 Å². The minimum Gasteiger partial charge on any atom is -0.354 e. The highest BCUT2D eigenvalue weighted by Gasteiger charge is 2.16. The molecule has 4 nitrogen and oxygen atoms in total. The van der Waals surface area contributed by atoms with Crippen molar-refractivity contribution >= 4 is 5.82 Å². The van der Waals surface area contributed by atoms with E-state index in [9.17, 15) is 0 Å². The summed E-state index contributed by atoms with van der Waals surface area (Å²) in [4.78, 5) is 13.0. The first-order valence-electron chi connectivity index (χ1n) is 5.92. The van der Waals surface area contributed by atoms with Crippen LogP contribution in [0.3, 0.4) is 0 Å². The van der Waals surface area contributed by atoms with E-state index in [1.807, 2.05) is 6.07 Å². The van der Waals surface area contributed by atoms with Crippen molar-refractivity contribution in [3.05, 3.63) is 25.5 Å². The Hall–Kier alpha value is -1.16. The Morgan fingerprint density at radius 2 is 2.06 bits per heavy atom. The lowest BCUT2D eigenvalue weighted by Gasteiger charge is -2.35. The maximum Gasteiger partial charge on any atom is 0.131 e. The van der Waals surface area contributed by atoms with Crippen molar-refractivity contribution in [2.75, 3.05) is 37.6 Å². The van der Waals surface area contributed by atoms with Crippen molar-refractivity contribution in [2.45, 2.75) is 12.8 Å². The van der Waals surface area contributed by atoms with Gasteiger partial charge >= 0.3 is 0 Å². The molecule has 2 rings (SSSR count). The molecule has 0 aliphatic carbocycles. The van der Waals surface area contributed by atoms with E-state index in [1.165, 1.54) is 13.0 Å². The Bertz CT molecular complexity index is 293. The van der Waals surface area contributed by atoms with Gasteiger partial charge in [-0.1, -0.05) is 13.3 Å². The summed E-state index contributed by atoms with van der Waals surface area (Å²) in [5.41, 5.74) is 0. The largest absolute Gasteiger partial charge is 0.354 e. The van der Waals surface area contributed by atoms with E-state index >= 15 is 0 Å². The van der Waals surface area contributed by atoms with Crippen LogP contribution in [-0.4, -0.2) is 47.6 Å². The minimum absolute atomic E-state index is 1.03. The Labute approximate surface area is 97.3 Å². The van der Waals surface area contributed by atoms with Gasteiger partial charge in [0, 0.05) is 32.4 Å². The molecule has 16 heavy (non-hydrogen) atoms. The Morgan fingerprint density at radius 1 is 1.25 bits per heavy atom. The van der Waals surface area contributed by atoms with Crippen molar-refractivity contribution in [3.63, 3.8) is 0 Å². The maximum absolute atomic E-state index is 4.28. The maximum atomic E-state index is 4.28. The topological polar surface area (TPSA) is 32.3 Å². The van der Waals surface area contributed by atoms with Crippen LogP contribution in [0.1, 0.15) is 12.8 Å². The van der Waals surface area contributed by atoms with Crippen LogP contribution < -0.4 is 4.90 Å². The van der Waals surface area contributed by atoms with Crippen molar-refractivity contribution in [1.82, 2.24) is 14.9 Å². The normalized spacial score (nSPS) is 17.7.